The molecule has 0 spiro atoms. The highest BCUT2D eigenvalue weighted by Crippen LogP contribution is 2.29. The summed E-state index contributed by atoms with van der Waals surface area (Å²) >= 11 is 6.10. The molecule has 112 valence electrons. The molecule has 0 amide bonds. The van der Waals surface area contributed by atoms with E-state index in [9.17, 15) is 10.1 Å². The molecule has 1 heterocycles. The second kappa shape index (κ2) is 6.28. The van der Waals surface area contributed by atoms with Crippen LogP contribution in [-0.4, -0.2) is 22.5 Å². The smallest absolute Gasteiger partial charge is 0.339 e. The van der Waals surface area contributed by atoms with E-state index in [1.54, 1.807) is 13.0 Å². The number of hydrogen-bond donors (Lipinski definition) is 2. The molecule has 0 aliphatic carbocycles. The molecule has 4 N–H and O–H groups in total. The SMILES string of the molecule is CCOC(=O)c1ccc(-c2nc(N)nc(N)c2C#N)cc1Cl. The van der Waals surface area contributed by atoms with Crippen molar-refractivity contribution in [3.63, 3.8) is 0 Å². The van der Waals surface area contributed by atoms with Gasteiger partial charge in [-0.3, -0.25) is 0 Å². The fraction of sp³-hybridized carbons (Fsp3) is 0.143. The van der Waals surface area contributed by atoms with E-state index in [0.717, 1.165) is 0 Å². The molecule has 7 nitrogen and oxygen atoms in total. The first kappa shape index (κ1) is 15.5. The van der Waals surface area contributed by atoms with E-state index >= 15 is 0 Å². The fourth-order valence-corrected chi connectivity index (χ4v) is 2.11. The normalized spacial score (nSPS) is 10.0. The summed E-state index contributed by atoms with van der Waals surface area (Å²) in [6, 6.07) is 6.50. The van der Waals surface area contributed by atoms with Gasteiger partial charge in [0.1, 0.15) is 17.5 Å². The van der Waals surface area contributed by atoms with Gasteiger partial charge >= 0.3 is 5.97 Å². The minimum Gasteiger partial charge on any atom is -0.462 e. The number of carbonyl (C=O) groups excluding carboxylic acids is 1. The molecule has 1 aromatic heterocycles. The second-order valence-corrected chi connectivity index (χ2v) is 4.62. The molecule has 0 aliphatic heterocycles. The van der Waals surface area contributed by atoms with E-state index in [0.29, 0.717) is 5.56 Å². The lowest BCUT2D eigenvalue weighted by molar-refractivity contribution is 0.0526. The van der Waals surface area contributed by atoms with Crippen molar-refractivity contribution in [3.05, 3.63) is 34.3 Å². The van der Waals surface area contributed by atoms with Crippen LogP contribution in [0.25, 0.3) is 11.3 Å². The molecule has 0 saturated heterocycles. The van der Waals surface area contributed by atoms with Gasteiger partial charge in [0.2, 0.25) is 5.95 Å². The number of rotatable bonds is 3. The van der Waals surface area contributed by atoms with Crippen molar-refractivity contribution in [1.29, 1.82) is 5.26 Å². The van der Waals surface area contributed by atoms with Crippen LogP contribution in [0, 0.1) is 11.3 Å². The molecule has 1 aromatic carbocycles. The van der Waals surface area contributed by atoms with Crippen LogP contribution in [0.3, 0.4) is 0 Å². The lowest BCUT2D eigenvalue weighted by atomic mass is 10.0. The van der Waals surface area contributed by atoms with E-state index in [1.807, 2.05) is 6.07 Å². The summed E-state index contributed by atoms with van der Waals surface area (Å²) in [6.45, 7) is 1.94. The quantitative estimate of drug-likeness (QED) is 0.828. The first-order chi connectivity index (χ1) is 10.5. The average Bonchev–Trinajstić information content (AvgIpc) is 2.46. The number of nitrogens with two attached hydrogens (primary N) is 2. The van der Waals surface area contributed by atoms with E-state index in [4.69, 9.17) is 27.8 Å². The van der Waals surface area contributed by atoms with Crippen LogP contribution < -0.4 is 11.5 Å². The Balaban J connectivity index is 2.54. The highest BCUT2D eigenvalue weighted by atomic mass is 35.5. The van der Waals surface area contributed by atoms with Crippen molar-refractivity contribution >= 4 is 29.3 Å². The Morgan fingerprint density at radius 1 is 1.41 bits per heavy atom. The molecular formula is C14H12ClN5O2. The summed E-state index contributed by atoms with van der Waals surface area (Å²) < 4.78 is 4.90. The van der Waals surface area contributed by atoms with Crippen LogP contribution in [0.5, 0.6) is 0 Å². The summed E-state index contributed by atoms with van der Waals surface area (Å²) in [5.41, 5.74) is 12.3. The molecule has 0 aliphatic rings. The van der Waals surface area contributed by atoms with Gasteiger partial charge in [-0.25, -0.2) is 9.78 Å². The summed E-state index contributed by atoms with van der Waals surface area (Å²) in [5.74, 6) is -0.603. The second-order valence-electron chi connectivity index (χ2n) is 4.22. The topological polar surface area (TPSA) is 128 Å². The maximum absolute atomic E-state index is 11.7. The highest BCUT2D eigenvalue weighted by molar-refractivity contribution is 6.33. The molecule has 0 fully saturated rings. The Morgan fingerprint density at radius 3 is 2.73 bits per heavy atom. The van der Waals surface area contributed by atoms with Crippen LogP contribution >= 0.6 is 11.6 Å². The van der Waals surface area contributed by atoms with Gasteiger partial charge in [0.15, 0.2) is 0 Å². The molecule has 0 atom stereocenters. The van der Waals surface area contributed by atoms with Gasteiger partial charge in [-0.15, -0.1) is 0 Å². The van der Waals surface area contributed by atoms with Crippen molar-refractivity contribution in [3.8, 4) is 17.3 Å². The fourth-order valence-electron chi connectivity index (χ4n) is 1.85. The number of carbonyl (C=O) groups is 1. The molecule has 0 saturated carbocycles. The van der Waals surface area contributed by atoms with Gasteiger partial charge in [-0.05, 0) is 19.1 Å². The largest absolute Gasteiger partial charge is 0.462 e. The number of nitrogens with zero attached hydrogens (tertiary/aromatic N) is 3. The van der Waals surface area contributed by atoms with Crippen molar-refractivity contribution < 1.29 is 9.53 Å². The molecule has 0 unspecified atom stereocenters. The average molecular weight is 318 g/mol. The number of nitriles is 1. The Bertz CT molecular complexity index is 786. The zero-order valence-electron chi connectivity index (χ0n) is 11.6. The standard InChI is InChI=1S/C14H12ClN5O2/c1-2-22-13(21)8-4-3-7(5-10(8)15)11-9(6-16)12(17)20-14(18)19-11/h3-5H,2H2,1H3,(H4,17,18,19,20). The maximum Gasteiger partial charge on any atom is 0.339 e. The Labute approximate surface area is 131 Å². The third kappa shape index (κ3) is 2.92. The molecule has 2 rings (SSSR count). The van der Waals surface area contributed by atoms with Gasteiger partial charge in [0.05, 0.1) is 22.9 Å². The summed E-state index contributed by atoms with van der Waals surface area (Å²) in [6.07, 6.45) is 0. The lowest BCUT2D eigenvalue weighted by Gasteiger charge is -2.09. The number of ether oxygens (including phenoxy) is 1. The van der Waals surface area contributed by atoms with E-state index in [1.165, 1.54) is 12.1 Å². The number of halogens is 1. The zero-order chi connectivity index (χ0) is 16.3. The molecule has 0 bridgehead atoms. The number of nitrogen functional groups attached to an aromatic ring is 2. The lowest BCUT2D eigenvalue weighted by Crippen LogP contribution is -2.07. The van der Waals surface area contributed by atoms with Crippen LogP contribution in [0.4, 0.5) is 11.8 Å². The van der Waals surface area contributed by atoms with Crippen molar-refractivity contribution in [2.45, 2.75) is 6.92 Å². The first-order valence-corrected chi connectivity index (χ1v) is 6.65. The third-order valence-electron chi connectivity index (χ3n) is 2.80. The molecular weight excluding hydrogens is 306 g/mol. The minimum absolute atomic E-state index is 0.0180. The zero-order valence-corrected chi connectivity index (χ0v) is 12.4. The minimum atomic E-state index is -0.527. The van der Waals surface area contributed by atoms with E-state index in [2.05, 4.69) is 9.97 Å². The van der Waals surface area contributed by atoms with E-state index in [-0.39, 0.29) is 40.2 Å². The van der Waals surface area contributed by atoms with Gasteiger partial charge < -0.3 is 16.2 Å². The van der Waals surface area contributed by atoms with E-state index < -0.39 is 5.97 Å². The predicted octanol–water partition coefficient (Wildman–Crippen LogP) is 2.01. The van der Waals surface area contributed by atoms with Gasteiger partial charge in [-0.2, -0.15) is 10.2 Å². The number of benzene rings is 1. The molecule has 22 heavy (non-hydrogen) atoms. The van der Waals surface area contributed by atoms with Crippen molar-refractivity contribution in [2.24, 2.45) is 0 Å². The molecule has 8 heteroatoms. The van der Waals surface area contributed by atoms with Gasteiger partial charge in [0.25, 0.3) is 0 Å². The number of esters is 1. The Hall–Kier alpha value is -2.85. The summed E-state index contributed by atoms with van der Waals surface area (Å²) in [5, 5.41) is 9.35. The number of hydrogen-bond acceptors (Lipinski definition) is 7. The van der Waals surface area contributed by atoms with Gasteiger partial charge in [-0.1, -0.05) is 17.7 Å². The van der Waals surface area contributed by atoms with Gasteiger partial charge in [0, 0.05) is 5.56 Å². The number of aromatic nitrogens is 2. The van der Waals surface area contributed by atoms with Crippen molar-refractivity contribution in [1.82, 2.24) is 9.97 Å². The first-order valence-electron chi connectivity index (χ1n) is 6.28. The Kier molecular flexibility index (Phi) is 4.44. The molecule has 0 radical (unpaired) electrons. The third-order valence-corrected chi connectivity index (χ3v) is 3.12. The van der Waals surface area contributed by atoms with Crippen LogP contribution in [0.2, 0.25) is 5.02 Å². The number of anilines is 2. The highest BCUT2D eigenvalue weighted by Gasteiger charge is 2.17. The maximum atomic E-state index is 11.7. The van der Waals surface area contributed by atoms with Crippen molar-refractivity contribution in [2.75, 3.05) is 18.1 Å². The van der Waals surface area contributed by atoms with Crippen LogP contribution in [-0.2, 0) is 4.74 Å². The van der Waals surface area contributed by atoms with Crippen LogP contribution in [0.15, 0.2) is 18.2 Å². The Morgan fingerprint density at radius 2 is 2.14 bits per heavy atom. The molecule has 2 aromatic rings. The predicted molar refractivity (Wildman–Crippen MR) is 82.0 cm³/mol. The van der Waals surface area contributed by atoms with Crippen LogP contribution in [0.1, 0.15) is 22.8 Å². The summed E-state index contributed by atoms with van der Waals surface area (Å²) in [4.78, 5) is 19.5. The summed E-state index contributed by atoms with van der Waals surface area (Å²) in [7, 11) is 0. The monoisotopic (exact) mass is 317 g/mol.